The molecule has 0 bridgehead atoms. The van der Waals surface area contributed by atoms with Gasteiger partial charge in [-0.2, -0.15) is 0 Å². The smallest absolute Gasteiger partial charge is 0.348 e. The molecule has 0 N–H and O–H groups in total. The van der Waals surface area contributed by atoms with Crippen molar-refractivity contribution in [1.82, 2.24) is 13.9 Å². The molecule has 0 aliphatic rings. The first-order chi connectivity index (χ1) is 12.7. The molecule has 0 fully saturated rings. The number of imidazole rings is 1. The highest BCUT2D eigenvalue weighted by Crippen LogP contribution is 2.24. The molecule has 0 saturated heterocycles. The van der Waals surface area contributed by atoms with Gasteiger partial charge in [0.05, 0.1) is 20.3 Å². The molecule has 0 aliphatic heterocycles. The summed E-state index contributed by atoms with van der Waals surface area (Å²) in [6.07, 6.45) is 0. The van der Waals surface area contributed by atoms with Gasteiger partial charge in [-0.1, -0.05) is 11.6 Å². The number of rotatable bonds is 6. The second-order valence-corrected chi connectivity index (χ2v) is 9.76. The van der Waals surface area contributed by atoms with Crippen LogP contribution in [0.5, 0.6) is 0 Å². The monoisotopic (exact) mass is 427 g/mol. The zero-order valence-corrected chi connectivity index (χ0v) is 17.4. The van der Waals surface area contributed by atoms with Crippen molar-refractivity contribution in [2.75, 3.05) is 14.1 Å². The van der Waals surface area contributed by atoms with E-state index in [2.05, 4.69) is 4.98 Å². The fourth-order valence-corrected chi connectivity index (χ4v) is 4.48. The molecule has 0 saturated carbocycles. The Kier molecular flexibility index (Phi) is 5.57. The highest BCUT2D eigenvalue weighted by atomic mass is 35.5. The number of carbonyl (C=O) groups is 1. The normalized spacial score (nSPS) is 12.0. The van der Waals surface area contributed by atoms with Crippen molar-refractivity contribution in [3.63, 3.8) is 0 Å². The number of nitrogens with zero attached hydrogens (tertiary/aromatic N) is 3. The Hall–Kier alpha value is -1.94. The van der Waals surface area contributed by atoms with Crippen molar-refractivity contribution in [3.8, 4) is 0 Å². The molecule has 3 aromatic rings. The van der Waals surface area contributed by atoms with E-state index >= 15 is 0 Å². The van der Waals surface area contributed by atoms with Gasteiger partial charge in [-0.05, 0) is 37.3 Å². The van der Waals surface area contributed by atoms with Crippen LogP contribution in [0.2, 0.25) is 4.34 Å². The number of aryl methyl sites for hydroxylation is 1. The van der Waals surface area contributed by atoms with Gasteiger partial charge in [-0.3, -0.25) is 0 Å². The number of sulfonamides is 1. The summed E-state index contributed by atoms with van der Waals surface area (Å²) in [5.41, 5.74) is 1.31. The SMILES string of the molecule is CCn1c(COC(=O)c2ccc(Cl)s2)nc2cc(S(=O)(=O)N(C)C)ccc21. The fraction of sp³-hybridized carbons (Fsp3) is 0.294. The number of fused-ring (bicyclic) bond motifs is 1. The molecule has 0 spiro atoms. The highest BCUT2D eigenvalue weighted by Gasteiger charge is 2.20. The van der Waals surface area contributed by atoms with Crippen LogP contribution in [0.4, 0.5) is 0 Å². The third-order valence-corrected chi connectivity index (χ3v) is 7.02. The van der Waals surface area contributed by atoms with Crippen molar-refractivity contribution in [1.29, 1.82) is 0 Å². The minimum Gasteiger partial charge on any atom is -0.453 e. The third-order valence-electron chi connectivity index (χ3n) is 4.00. The maximum Gasteiger partial charge on any atom is 0.348 e. The van der Waals surface area contributed by atoms with E-state index in [9.17, 15) is 13.2 Å². The molecule has 10 heteroatoms. The number of halogens is 1. The van der Waals surface area contributed by atoms with Crippen LogP contribution in [0.1, 0.15) is 22.4 Å². The van der Waals surface area contributed by atoms with E-state index in [0.29, 0.717) is 27.1 Å². The van der Waals surface area contributed by atoms with E-state index in [0.717, 1.165) is 21.2 Å². The lowest BCUT2D eigenvalue weighted by Crippen LogP contribution is -2.22. The molecular weight excluding hydrogens is 410 g/mol. The van der Waals surface area contributed by atoms with Gasteiger partial charge in [0.25, 0.3) is 0 Å². The van der Waals surface area contributed by atoms with E-state index in [4.69, 9.17) is 16.3 Å². The summed E-state index contributed by atoms with van der Waals surface area (Å²) >= 11 is 6.98. The molecule has 0 aliphatic carbocycles. The first-order valence-corrected chi connectivity index (χ1v) is 10.7. The van der Waals surface area contributed by atoms with E-state index < -0.39 is 16.0 Å². The van der Waals surface area contributed by atoms with Gasteiger partial charge < -0.3 is 9.30 Å². The molecule has 1 aromatic carbocycles. The minimum absolute atomic E-state index is 0.0212. The van der Waals surface area contributed by atoms with Gasteiger partial charge in [0.2, 0.25) is 10.0 Å². The Bertz CT molecular complexity index is 1100. The van der Waals surface area contributed by atoms with E-state index in [-0.39, 0.29) is 11.5 Å². The molecule has 2 aromatic heterocycles. The van der Waals surface area contributed by atoms with Gasteiger partial charge >= 0.3 is 5.97 Å². The summed E-state index contributed by atoms with van der Waals surface area (Å²) in [4.78, 5) is 17.2. The Morgan fingerprint density at radius 3 is 2.63 bits per heavy atom. The average molecular weight is 428 g/mol. The molecule has 27 heavy (non-hydrogen) atoms. The van der Waals surface area contributed by atoms with E-state index in [1.165, 1.54) is 20.2 Å². The second-order valence-electron chi connectivity index (χ2n) is 5.89. The molecule has 2 heterocycles. The van der Waals surface area contributed by atoms with Crippen LogP contribution in [0, 0.1) is 0 Å². The molecule has 0 radical (unpaired) electrons. The van der Waals surface area contributed by atoms with Gasteiger partial charge in [0.15, 0.2) is 0 Å². The topological polar surface area (TPSA) is 81.5 Å². The number of benzene rings is 1. The van der Waals surface area contributed by atoms with Crippen molar-refractivity contribution >= 4 is 50.0 Å². The van der Waals surface area contributed by atoms with Crippen LogP contribution in [0.15, 0.2) is 35.2 Å². The van der Waals surface area contributed by atoms with Crippen molar-refractivity contribution in [2.45, 2.75) is 25.0 Å². The van der Waals surface area contributed by atoms with Gasteiger partial charge in [0.1, 0.15) is 17.3 Å². The average Bonchev–Trinajstić information content (AvgIpc) is 3.21. The van der Waals surface area contributed by atoms with Crippen LogP contribution >= 0.6 is 22.9 Å². The lowest BCUT2D eigenvalue weighted by Gasteiger charge is -2.11. The predicted molar refractivity (Wildman–Crippen MR) is 105 cm³/mol. The predicted octanol–water partition coefficient (Wildman–Crippen LogP) is 3.38. The summed E-state index contributed by atoms with van der Waals surface area (Å²) in [6, 6.07) is 8.04. The minimum atomic E-state index is -3.55. The first kappa shape index (κ1) is 19.8. The van der Waals surface area contributed by atoms with E-state index in [1.54, 1.807) is 24.3 Å². The van der Waals surface area contributed by atoms with E-state index in [1.807, 2.05) is 11.5 Å². The van der Waals surface area contributed by atoms with Crippen molar-refractivity contribution in [3.05, 3.63) is 45.4 Å². The van der Waals surface area contributed by atoms with Crippen molar-refractivity contribution < 1.29 is 17.9 Å². The Labute approximate surface area is 166 Å². The summed E-state index contributed by atoms with van der Waals surface area (Å²) in [7, 11) is -0.594. The highest BCUT2D eigenvalue weighted by molar-refractivity contribution is 7.89. The molecule has 0 unspecified atom stereocenters. The van der Waals surface area contributed by atoms with Crippen molar-refractivity contribution in [2.24, 2.45) is 0 Å². The van der Waals surface area contributed by atoms with Gasteiger partial charge in [-0.25, -0.2) is 22.5 Å². The maximum absolute atomic E-state index is 12.3. The first-order valence-electron chi connectivity index (χ1n) is 8.08. The fourth-order valence-electron chi connectivity index (χ4n) is 2.62. The zero-order chi connectivity index (χ0) is 19.8. The largest absolute Gasteiger partial charge is 0.453 e. The molecule has 144 valence electrons. The number of hydrogen-bond donors (Lipinski definition) is 0. The maximum atomic E-state index is 12.3. The number of ether oxygens (including phenoxy) is 1. The number of hydrogen-bond acceptors (Lipinski definition) is 6. The van der Waals surface area contributed by atoms with Gasteiger partial charge in [0, 0.05) is 20.6 Å². The zero-order valence-electron chi connectivity index (χ0n) is 15.0. The molecule has 0 atom stereocenters. The van der Waals surface area contributed by atoms with Crippen LogP contribution in [0.3, 0.4) is 0 Å². The standard InChI is InChI=1S/C17H18ClN3O4S2/c1-4-21-13-6-5-11(27(23,24)20(2)3)9-12(13)19-16(21)10-25-17(22)14-7-8-15(18)26-14/h5-9H,4,10H2,1-3H3. The quantitative estimate of drug-likeness (QED) is 0.563. The van der Waals surface area contributed by atoms with Gasteiger partial charge in [-0.15, -0.1) is 11.3 Å². The lowest BCUT2D eigenvalue weighted by molar-refractivity contribution is 0.0464. The van der Waals surface area contributed by atoms with Crippen LogP contribution in [-0.2, 0) is 27.9 Å². The summed E-state index contributed by atoms with van der Waals surface area (Å²) in [5, 5.41) is 0. The number of thiophene rings is 1. The number of esters is 1. The summed E-state index contributed by atoms with van der Waals surface area (Å²) in [5.74, 6) is 0.0698. The number of carbonyl (C=O) groups excluding carboxylic acids is 1. The third kappa shape index (κ3) is 3.86. The van der Waals surface area contributed by atoms with Crippen LogP contribution in [0.25, 0.3) is 11.0 Å². The Morgan fingerprint density at radius 1 is 1.30 bits per heavy atom. The lowest BCUT2D eigenvalue weighted by atomic mass is 10.3. The summed E-state index contributed by atoms with van der Waals surface area (Å²) < 4.78 is 33.5. The Morgan fingerprint density at radius 2 is 2.04 bits per heavy atom. The molecular formula is C17H18ClN3O4S2. The molecule has 3 rings (SSSR count). The summed E-state index contributed by atoms with van der Waals surface area (Å²) in [6.45, 7) is 2.52. The van der Waals surface area contributed by atoms with Crippen LogP contribution < -0.4 is 0 Å². The Balaban J connectivity index is 1.90. The number of aromatic nitrogens is 2. The van der Waals surface area contributed by atoms with Crippen LogP contribution in [-0.4, -0.2) is 42.3 Å². The molecule has 0 amide bonds. The second kappa shape index (κ2) is 7.59. The molecule has 7 nitrogen and oxygen atoms in total.